The summed E-state index contributed by atoms with van der Waals surface area (Å²) < 4.78 is 39.7. The summed E-state index contributed by atoms with van der Waals surface area (Å²) in [6.45, 7) is 1.55. The largest absolute Gasteiger partial charge is 0.329 e. The van der Waals surface area contributed by atoms with E-state index in [1.54, 1.807) is 0 Å². The van der Waals surface area contributed by atoms with Gasteiger partial charge in [0.05, 0.1) is 0 Å². The minimum Gasteiger partial charge on any atom is -0.329 e. The van der Waals surface area contributed by atoms with Crippen LogP contribution in [0.15, 0.2) is 29.2 Å². The summed E-state index contributed by atoms with van der Waals surface area (Å²) in [6.07, 6.45) is 0. The molecule has 0 saturated carbocycles. The van der Waals surface area contributed by atoms with E-state index in [1.165, 1.54) is 22.5 Å². The minimum atomic E-state index is -3.82. The maximum absolute atomic E-state index is 13.6. The zero-order chi connectivity index (χ0) is 13.2. The van der Waals surface area contributed by atoms with Gasteiger partial charge in [-0.3, -0.25) is 0 Å². The fourth-order valence-electron chi connectivity index (χ4n) is 2.04. The number of benzene rings is 1. The van der Waals surface area contributed by atoms with E-state index in [2.05, 4.69) is 5.32 Å². The Kier molecular flexibility index (Phi) is 3.96. The van der Waals surface area contributed by atoms with Crippen molar-refractivity contribution in [1.29, 1.82) is 0 Å². The SMILES string of the molecule is NCC1CNCCN1S(=O)(=O)c1ccccc1F. The first-order valence-electron chi connectivity index (χ1n) is 5.74. The molecule has 1 aliphatic heterocycles. The summed E-state index contributed by atoms with van der Waals surface area (Å²) in [5, 5.41) is 3.07. The highest BCUT2D eigenvalue weighted by molar-refractivity contribution is 7.89. The van der Waals surface area contributed by atoms with Crippen molar-refractivity contribution in [2.24, 2.45) is 5.73 Å². The number of nitrogens with zero attached hydrogens (tertiary/aromatic N) is 1. The van der Waals surface area contributed by atoms with Gasteiger partial charge in [-0.15, -0.1) is 0 Å². The molecule has 1 saturated heterocycles. The number of piperazine rings is 1. The number of hydrogen-bond acceptors (Lipinski definition) is 4. The number of hydrogen-bond donors (Lipinski definition) is 2. The van der Waals surface area contributed by atoms with Crippen LogP contribution >= 0.6 is 0 Å². The van der Waals surface area contributed by atoms with Crippen LogP contribution in [-0.2, 0) is 10.0 Å². The van der Waals surface area contributed by atoms with E-state index in [4.69, 9.17) is 5.73 Å². The predicted octanol–water partition coefficient (Wildman–Crippen LogP) is -0.253. The third-order valence-corrected chi connectivity index (χ3v) is 4.98. The van der Waals surface area contributed by atoms with E-state index < -0.39 is 15.8 Å². The Hall–Kier alpha value is -1.02. The lowest BCUT2D eigenvalue weighted by Crippen LogP contribution is -2.56. The van der Waals surface area contributed by atoms with E-state index in [0.717, 1.165) is 6.07 Å². The molecule has 18 heavy (non-hydrogen) atoms. The lowest BCUT2D eigenvalue weighted by atomic mass is 10.2. The van der Waals surface area contributed by atoms with Crippen molar-refractivity contribution in [3.8, 4) is 0 Å². The Morgan fingerprint density at radius 1 is 1.44 bits per heavy atom. The first-order valence-corrected chi connectivity index (χ1v) is 7.18. The molecule has 0 aliphatic carbocycles. The smallest absolute Gasteiger partial charge is 0.246 e. The molecule has 2 rings (SSSR count). The van der Waals surface area contributed by atoms with Gasteiger partial charge in [-0.25, -0.2) is 12.8 Å². The summed E-state index contributed by atoms with van der Waals surface area (Å²) in [5.41, 5.74) is 5.57. The molecule has 100 valence electrons. The van der Waals surface area contributed by atoms with Crippen molar-refractivity contribution in [1.82, 2.24) is 9.62 Å². The van der Waals surface area contributed by atoms with Gasteiger partial charge < -0.3 is 11.1 Å². The van der Waals surface area contributed by atoms with Gasteiger partial charge in [0.15, 0.2) is 0 Å². The summed E-state index contributed by atoms with van der Waals surface area (Å²) in [6, 6.07) is 5.07. The van der Waals surface area contributed by atoms with Gasteiger partial charge in [-0.05, 0) is 12.1 Å². The second-order valence-electron chi connectivity index (χ2n) is 4.14. The quantitative estimate of drug-likeness (QED) is 0.796. The molecule has 1 atom stereocenters. The highest BCUT2D eigenvalue weighted by Crippen LogP contribution is 2.21. The molecule has 1 unspecified atom stereocenters. The van der Waals surface area contributed by atoms with E-state index in [0.29, 0.717) is 19.6 Å². The topological polar surface area (TPSA) is 75.4 Å². The van der Waals surface area contributed by atoms with Gasteiger partial charge in [0.2, 0.25) is 10.0 Å². The zero-order valence-corrected chi connectivity index (χ0v) is 10.7. The molecule has 0 spiro atoms. The van der Waals surface area contributed by atoms with Crippen LogP contribution in [0.2, 0.25) is 0 Å². The third kappa shape index (κ3) is 2.39. The Balaban J connectivity index is 2.39. The van der Waals surface area contributed by atoms with Gasteiger partial charge in [-0.1, -0.05) is 12.1 Å². The first-order chi connectivity index (χ1) is 8.57. The molecule has 0 bridgehead atoms. The number of sulfonamides is 1. The maximum atomic E-state index is 13.6. The molecule has 1 aromatic rings. The predicted molar refractivity (Wildman–Crippen MR) is 66.0 cm³/mol. The molecule has 0 radical (unpaired) electrons. The molecule has 7 heteroatoms. The lowest BCUT2D eigenvalue weighted by Gasteiger charge is -2.34. The van der Waals surface area contributed by atoms with Gasteiger partial charge in [0.1, 0.15) is 10.7 Å². The fraction of sp³-hybridized carbons (Fsp3) is 0.455. The number of nitrogens with two attached hydrogens (primary N) is 1. The number of halogens is 1. The Morgan fingerprint density at radius 3 is 2.83 bits per heavy atom. The van der Waals surface area contributed by atoms with Gasteiger partial charge in [0.25, 0.3) is 0 Å². The molecular formula is C11H16FN3O2S. The standard InChI is InChI=1S/C11H16FN3O2S/c12-10-3-1-2-4-11(10)18(16,17)15-6-5-14-8-9(15)7-13/h1-4,9,14H,5-8,13H2. The van der Waals surface area contributed by atoms with Crippen LogP contribution < -0.4 is 11.1 Å². The molecule has 1 aromatic carbocycles. The van der Waals surface area contributed by atoms with Gasteiger partial charge in [-0.2, -0.15) is 4.31 Å². The Labute approximate surface area is 106 Å². The number of rotatable bonds is 3. The number of nitrogens with one attached hydrogen (secondary N) is 1. The molecule has 1 heterocycles. The van der Waals surface area contributed by atoms with Crippen LogP contribution in [-0.4, -0.2) is 44.9 Å². The van der Waals surface area contributed by atoms with Crippen LogP contribution in [0.4, 0.5) is 4.39 Å². The van der Waals surface area contributed by atoms with E-state index in [-0.39, 0.29) is 17.5 Å². The highest BCUT2D eigenvalue weighted by atomic mass is 32.2. The molecular weight excluding hydrogens is 257 g/mol. The first kappa shape index (κ1) is 13.4. The van der Waals surface area contributed by atoms with Crippen molar-refractivity contribution < 1.29 is 12.8 Å². The Bertz CT molecular complexity index is 521. The van der Waals surface area contributed by atoms with E-state index in [1.807, 2.05) is 0 Å². The summed E-state index contributed by atoms with van der Waals surface area (Å²) in [7, 11) is -3.82. The maximum Gasteiger partial charge on any atom is 0.246 e. The van der Waals surface area contributed by atoms with Crippen molar-refractivity contribution in [3.05, 3.63) is 30.1 Å². The lowest BCUT2D eigenvalue weighted by molar-refractivity contribution is 0.272. The Morgan fingerprint density at radius 2 is 2.17 bits per heavy atom. The second-order valence-corrected chi connectivity index (χ2v) is 6.00. The zero-order valence-electron chi connectivity index (χ0n) is 9.84. The molecule has 5 nitrogen and oxygen atoms in total. The second kappa shape index (κ2) is 5.31. The van der Waals surface area contributed by atoms with Crippen LogP contribution in [0.3, 0.4) is 0 Å². The van der Waals surface area contributed by atoms with E-state index in [9.17, 15) is 12.8 Å². The average molecular weight is 273 g/mol. The van der Waals surface area contributed by atoms with Crippen molar-refractivity contribution >= 4 is 10.0 Å². The van der Waals surface area contributed by atoms with Crippen LogP contribution in [0.25, 0.3) is 0 Å². The van der Waals surface area contributed by atoms with Crippen molar-refractivity contribution in [2.75, 3.05) is 26.2 Å². The van der Waals surface area contributed by atoms with Gasteiger partial charge >= 0.3 is 0 Å². The molecule has 0 aromatic heterocycles. The fourth-order valence-corrected chi connectivity index (χ4v) is 3.74. The molecule has 1 aliphatic rings. The van der Waals surface area contributed by atoms with Gasteiger partial charge in [0, 0.05) is 32.2 Å². The summed E-state index contributed by atoms with van der Waals surface area (Å²) in [5.74, 6) is -0.730. The van der Waals surface area contributed by atoms with Crippen LogP contribution in [0.1, 0.15) is 0 Å². The van der Waals surface area contributed by atoms with Crippen molar-refractivity contribution in [3.63, 3.8) is 0 Å². The average Bonchev–Trinajstić information content (AvgIpc) is 2.39. The highest BCUT2D eigenvalue weighted by Gasteiger charge is 2.34. The third-order valence-electron chi connectivity index (χ3n) is 2.99. The monoisotopic (exact) mass is 273 g/mol. The van der Waals surface area contributed by atoms with E-state index >= 15 is 0 Å². The van der Waals surface area contributed by atoms with Crippen LogP contribution in [0.5, 0.6) is 0 Å². The summed E-state index contributed by atoms with van der Waals surface area (Å²) >= 11 is 0. The minimum absolute atomic E-state index is 0.209. The van der Waals surface area contributed by atoms with Crippen LogP contribution in [0, 0.1) is 5.82 Å². The molecule has 0 amide bonds. The molecule has 3 N–H and O–H groups in total. The summed E-state index contributed by atoms with van der Waals surface area (Å²) in [4.78, 5) is -0.287. The normalized spacial score (nSPS) is 22.0. The van der Waals surface area contributed by atoms with Crippen molar-refractivity contribution in [2.45, 2.75) is 10.9 Å². The molecule has 1 fully saturated rings.